The summed E-state index contributed by atoms with van der Waals surface area (Å²) in [5.74, 6) is -0.690. The van der Waals surface area contributed by atoms with Gasteiger partial charge in [0.1, 0.15) is 5.69 Å². The molecule has 0 unspecified atom stereocenters. The third kappa shape index (κ3) is 5.43. The third-order valence-electron chi connectivity index (χ3n) is 4.83. The molecule has 0 aliphatic carbocycles. The second-order valence-electron chi connectivity index (χ2n) is 7.17. The van der Waals surface area contributed by atoms with E-state index < -0.39 is 26.1 Å². The van der Waals surface area contributed by atoms with Crippen LogP contribution >= 0.6 is 11.3 Å². The fourth-order valence-electron chi connectivity index (χ4n) is 3.15. The number of ether oxygens (including phenoxy) is 1. The molecule has 10 nitrogen and oxygen atoms in total. The van der Waals surface area contributed by atoms with E-state index in [9.17, 15) is 17.6 Å². The Morgan fingerprint density at radius 1 is 1.36 bits per heavy atom. The Hall–Kier alpha value is -3.16. The lowest BCUT2D eigenvalue weighted by molar-refractivity contribution is -0.110. The molecular formula is C20H20FN5O5S2. The summed E-state index contributed by atoms with van der Waals surface area (Å²) in [7, 11) is -1.80. The lowest BCUT2D eigenvalue weighted by atomic mass is 10.1. The van der Waals surface area contributed by atoms with E-state index in [1.54, 1.807) is 24.0 Å². The molecule has 1 fully saturated rings. The predicted octanol–water partition coefficient (Wildman–Crippen LogP) is 2.14. The molecule has 174 valence electrons. The lowest BCUT2D eigenvalue weighted by Crippen LogP contribution is -2.25. The van der Waals surface area contributed by atoms with E-state index in [1.165, 1.54) is 24.3 Å². The second-order valence-corrected chi connectivity index (χ2v) is 10.4. The van der Waals surface area contributed by atoms with E-state index in [0.29, 0.717) is 35.6 Å². The minimum atomic E-state index is -3.56. The molecule has 3 aromatic rings. The molecule has 4 rings (SSSR count). The molecule has 1 atom stereocenters. The zero-order valence-corrected chi connectivity index (χ0v) is 19.1. The van der Waals surface area contributed by atoms with Crippen LogP contribution in [0.25, 0.3) is 0 Å². The molecular weight excluding hydrogens is 473 g/mol. The van der Waals surface area contributed by atoms with Crippen LogP contribution in [0, 0.1) is 5.13 Å². The molecule has 13 heteroatoms. The molecule has 0 spiro atoms. The van der Waals surface area contributed by atoms with Crippen molar-refractivity contribution in [3.05, 3.63) is 59.1 Å². The van der Waals surface area contributed by atoms with Crippen molar-refractivity contribution >= 4 is 37.9 Å². The summed E-state index contributed by atoms with van der Waals surface area (Å²) in [6.45, 7) is 0.576. The maximum atomic E-state index is 13.3. The summed E-state index contributed by atoms with van der Waals surface area (Å²) in [6.07, 6.45) is 3.16. The zero-order valence-electron chi connectivity index (χ0n) is 17.5. The third-order valence-corrected chi connectivity index (χ3v) is 7.71. The highest BCUT2D eigenvalue weighted by atomic mass is 32.2. The van der Waals surface area contributed by atoms with E-state index in [1.807, 2.05) is 0 Å². The number of rotatable bonds is 8. The number of sulfone groups is 1. The Kier molecular flexibility index (Phi) is 6.81. The van der Waals surface area contributed by atoms with Crippen molar-refractivity contribution < 1.29 is 27.2 Å². The maximum Gasteiger partial charge on any atom is 0.280 e. The van der Waals surface area contributed by atoms with Crippen molar-refractivity contribution in [1.29, 1.82) is 0 Å². The van der Waals surface area contributed by atoms with E-state index >= 15 is 0 Å². The number of nitrogens with one attached hydrogen (secondary N) is 1. The van der Waals surface area contributed by atoms with Gasteiger partial charge in [0, 0.05) is 25.4 Å². The zero-order chi connectivity index (χ0) is 23.4. The van der Waals surface area contributed by atoms with E-state index in [4.69, 9.17) is 9.57 Å². The van der Waals surface area contributed by atoms with Crippen molar-refractivity contribution in [2.24, 2.45) is 12.2 Å². The predicted molar refractivity (Wildman–Crippen MR) is 118 cm³/mol. The van der Waals surface area contributed by atoms with Crippen molar-refractivity contribution in [3.8, 4) is 0 Å². The van der Waals surface area contributed by atoms with Gasteiger partial charge < -0.3 is 9.57 Å². The van der Waals surface area contributed by atoms with Crippen LogP contribution < -0.4 is 5.32 Å². The van der Waals surface area contributed by atoms with Crippen LogP contribution in [0.1, 0.15) is 17.7 Å². The first kappa shape index (κ1) is 23.0. The number of amides is 1. The number of hydrogen-bond acceptors (Lipinski definition) is 9. The highest BCUT2D eigenvalue weighted by Crippen LogP contribution is 2.23. The number of benzene rings is 1. The first-order valence-electron chi connectivity index (χ1n) is 9.86. The Balaban J connectivity index is 1.57. The minimum Gasteiger partial charge on any atom is -0.389 e. The van der Waals surface area contributed by atoms with Gasteiger partial charge in [0.05, 0.1) is 22.9 Å². The average Bonchev–Trinajstić information content (AvgIpc) is 3.55. The highest BCUT2D eigenvalue weighted by molar-refractivity contribution is 7.92. The van der Waals surface area contributed by atoms with Crippen molar-refractivity contribution in [3.63, 3.8) is 0 Å². The van der Waals surface area contributed by atoms with Gasteiger partial charge in [-0.1, -0.05) is 28.6 Å². The number of thiazole rings is 1. The molecule has 0 bridgehead atoms. The molecule has 0 saturated carbocycles. The summed E-state index contributed by atoms with van der Waals surface area (Å²) in [4.78, 5) is 22.0. The van der Waals surface area contributed by atoms with Gasteiger partial charge in [-0.05, 0) is 24.6 Å². The first-order chi connectivity index (χ1) is 15.8. The van der Waals surface area contributed by atoms with Crippen molar-refractivity contribution in [2.75, 3.05) is 18.5 Å². The van der Waals surface area contributed by atoms with Crippen LogP contribution in [0.2, 0.25) is 0 Å². The van der Waals surface area contributed by atoms with Gasteiger partial charge in [0.25, 0.3) is 5.91 Å². The second kappa shape index (κ2) is 9.77. The van der Waals surface area contributed by atoms with Gasteiger partial charge in [-0.3, -0.25) is 14.8 Å². The molecule has 3 heterocycles. The number of halogens is 1. The Morgan fingerprint density at radius 2 is 2.15 bits per heavy atom. The van der Waals surface area contributed by atoms with Crippen molar-refractivity contribution in [1.82, 2.24) is 14.8 Å². The number of hydrogen-bond donors (Lipinski definition) is 1. The number of nitrogens with zero attached hydrogens (tertiary/aromatic N) is 4. The normalized spacial score (nSPS) is 16.7. The number of carbonyl (C=O) groups excluding carboxylic acids is 1. The summed E-state index contributed by atoms with van der Waals surface area (Å²) in [5.41, 5.74) is 0.782. The first-order valence-corrected chi connectivity index (χ1v) is 12.2. The van der Waals surface area contributed by atoms with Gasteiger partial charge in [0.15, 0.2) is 32.4 Å². The summed E-state index contributed by atoms with van der Waals surface area (Å²) >= 11 is 0.663. The Morgan fingerprint density at radius 3 is 2.76 bits per heavy atom. The van der Waals surface area contributed by atoms with Crippen LogP contribution in [0.5, 0.6) is 0 Å². The van der Waals surface area contributed by atoms with E-state index in [-0.39, 0.29) is 29.0 Å². The fraction of sp³-hybridized carbons (Fsp3) is 0.300. The molecule has 1 aromatic carbocycles. The smallest absolute Gasteiger partial charge is 0.280 e. The highest BCUT2D eigenvalue weighted by Gasteiger charge is 2.31. The Labute approximate surface area is 193 Å². The Bertz CT molecular complexity index is 1260. The summed E-state index contributed by atoms with van der Waals surface area (Å²) in [6, 6.07) is 7.49. The standard InChI is InChI=1S/C20H20FN5O5S2/c1-26-8-6-14(24-26)11-31-25-18(19(27)23-20-22-10-17(21)32-20)13-2-4-15(5-3-13)33(28,29)16-7-9-30-12-16/h2-6,8,10,16H,7,9,11-12H2,1H3,(H,22,23,27)/b25-18+/t16-/m0/s1. The van der Waals surface area contributed by atoms with Gasteiger partial charge in [0.2, 0.25) is 0 Å². The molecule has 2 aromatic heterocycles. The van der Waals surface area contributed by atoms with Gasteiger partial charge >= 0.3 is 0 Å². The summed E-state index contributed by atoms with van der Waals surface area (Å²) < 4.78 is 45.6. The number of aryl methyl sites for hydroxylation is 1. The van der Waals surface area contributed by atoms with Gasteiger partial charge in [-0.25, -0.2) is 13.4 Å². The van der Waals surface area contributed by atoms with Crippen LogP contribution in [0.3, 0.4) is 0 Å². The van der Waals surface area contributed by atoms with Crippen LogP contribution in [-0.2, 0) is 37.9 Å². The lowest BCUT2D eigenvalue weighted by Gasteiger charge is -2.11. The number of anilines is 1. The molecule has 1 amide bonds. The monoisotopic (exact) mass is 493 g/mol. The number of carbonyl (C=O) groups is 1. The molecule has 33 heavy (non-hydrogen) atoms. The molecule has 1 aliphatic rings. The van der Waals surface area contributed by atoms with E-state index in [0.717, 1.165) is 6.20 Å². The average molecular weight is 494 g/mol. The SMILES string of the molecule is Cn1ccc(CO/N=C(/C(=O)Nc2ncc(F)s2)c2ccc(S(=O)(=O)[C@H]3CCOC3)cc2)n1. The molecule has 1 N–H and O–H groups in total. The molecule has 1 aliphatic heterocycles. The quantitative estimate of drug-likeness (QED) is 0.376. The minimum absolute atomic E-state index is 0.0116. The molecule has 1 saturated heterocycles. The number of aromatic nitrogens is 3. The van der Waals surface area contributed by atoms with Crippen LogP contribution in [-0.4, -0.2) is 53.3 Å². The van der Waals surface area contributed by atoms with Crippen molar-refractivity contribution in [2.45, 2.75) is 23.2 Å². The fourth-order valence-corrected chi connectivity index (χ4v) is 5.27. The van der Waals surface area contributed by atoms with Gasteiger partial charge in [-0.15, -0.1) is 0 Å². The van der Waals surface area contributed by atoms with E-state index in [2.05, 4.69) is 20.6 Å². The number of oxime groups is 1. The van der Waals surface area contributed by atoms with Crippen LogP contribution in [0.4, 0.5) is 9.52 Å². The topological polar surface area (TPSA) is 125 Å². The van der Waals surface area contributed by atoms with Gasteiger partial charge in [-0.2, -0.15) is 9.49 Å². The van der Waals surface area contributed by atoms with Crippen LogP contribution in [0.15, 0.2) is 52.8 Å². The largest absolute Gasteiger partial charge is 0.389 e. The molecule has 0 radical (unpaired) electrons. The summed E-state index contributed by atoms with van der Waals surface area (Å²) in [5, 5.41) is 9.47. The maximum absolute atomic E-state index is 13.3.